The Bertz CT molecular complexity index is 98.9. The van der Waals surface area contributed by atoms with Gasteiger partial charge in [-0.05, 0) is 24.7 Å². The van der Waals surface area contributed by atoms with Gasteiger partial charge in [0.25, 0.3) is 0 Å². The van der Waals surface area contributed by atoms with E-state index in [4.69, 9.17) is 11.6 Å². The van der Waals surface area contributed by atoms with Gasteiger partial charge in [0, 0.05) is 5.38 Å². The van der Waals surface area contributed by atoms with E-state index in [0.717, 1.165) is 11.8 Å². The lowest BCUT2D eigenvalue weighted by molar-refractivity contribution is 0.282. The van der Waals surface area contributed by atoms with Gasteiger partial charge in [-0.15, -0.1) is 11.6 Å². The molecule has 0 aliphatic heterocycles. The zero-order valence-electron chi connectivity index (χ0n) is 6.94. The van der Waals surface area contributed by atoms with Gasteiger partial charge in [0.1, 0.15) is 0 Å². The van der Waals surface area contributed by atoms with E-state index in [-0.39, 0.29) is 0 Å². The summed E-state index contributed by atoms with van der Waals surface area (Å²) in [4.78, 5) is 0. The van der Waals surface area contributed by atoms with E-state index >= 15 is 0 Å². The van der Waals surface area contributed by atoms with Crippen molar-refractivity contribution >= 4 is 11.6 Å². The first-order chi connectivity index (χ1) is 4.70. The van der Waals surface area contributed by atoms with Crippen molar-refractivity contribution in [3.8, 4) is 0 Å². The zero-order chi connectivity index (χ0) is 7.56. The van der Waals surface area contributed by atoms with Crippen LogP contribution in [0, 0.1) is 11.8 Å². The van der Waals surface area contributed by atoms with Crippen molar-refractivity contribution in [3.63, 3.8) is 0 Å². The Hall–Kier alpha value is 0.290. The van der Waals surface area contributed by atoms with E-state index in [0.29, 0.717) is 5.38 Å². The van der Waals surface area contributed by atoms with Crippen LogP contribution in [-0.2, 0) is 0 Å². The van der Waals surface area contributed by atoms with Crippen LogP contribution in [0.3, 0.4) is 0 Å². The van der Waals surface area contributed by atoms with Crippen LogP contribution in [0.2, 0.25) is 0 Å². The number of hydrogen-bond donors (Lipinski definition) is 0. The second-order valence-corrected chi connectivity index (χ2v) is 4.39. The molecule has 0 nitrogen and oxygen atoms in total. The van der Waals surface area contributed by atoms with E-state index in [1.807, 2.05) is 0 Å². The van der Waals surface area contributed by atoms with Crippen molar-refractivity contribution in [2.24, 2.45) is 11.8 Å². The molecule has 0 aromatic rings. The first kappa shape index (κ1) is 8.39. The normalized spacial score (nSPS) is 34.8. The fourth-order valence-electron chi connectivity index (χ4n) is 1.77. The van der Waals surface area contributed by atoms with Gasteiger partial charge in [-0.25, -0.2) is 0 Å². The first-order valence-electron chi connectivity index (χ1n) is 4.34. The fourth-order valence-corrected chi connectivity index (χ4v) is 2.15. The van der Waals surface area contributed by atoms with Crippen LogP contribution >= 0.6 is 11.6 Å². The molecule has 2 atom stereocenters. The molecule has 0 N–H and O–H groups in total. The maximum atomic E-state index is 6.06. The predicted molar refractivity (Wildman–Crippen MR) is 46.4 cm³/mol. The highest BCUT2D eigenvalue weighted by atomic mass is 35.5. The molecule has 0 heterocycles. The van der Waals surface area contributed by atoms with Crippen LogP contribution < -0.4 is 0 Å². The maximum Gasteiger partial charge on any atom is 0.0338 e. The lowest BCUT2D eigenvalue weighted by Crippen LogP contribution is -2.19. The van der Waals surface area contributed by atoms with Gasteiger partial charge in [0.15, 0.2) is 0 Å². The molecular weight excluding hydrogens is 144 g/mol. The molecule has 0 aromatic carbocycles. The molecule has 1 aliphatic rings. The highest BCUT2D eigenvalue weighted by Gasteiger charge is 2.22. The predicted octanol–water partition coefficient (Wildman–Crippen LogP) is 3.44. The summed E-state index contributed by atoms with van der Waals surface area (Å²) in [7, 11) is 0. The van der Waals surface area contributed by atoms with Gasteiger partial charge in [-0.2, -0.15) is 0 Å². The molecule has 0 bridgehead atoms. The number of rotatable bonds is 1. The minimum atomic E-state index is 0.473. The molecule has 0 radical (unpaired) electrons. The molecule has 1 rings (SSSR count). The summed E-state index contributed by atoms with van der Waals surface area (Å²) in [6.45, 7) is 4.61. The molecule has 1 aliphatic carbocycles. The van der Waals surface area contributed by atoms with Gasteiger partial charge in [-0.1, -0.05) is 26.7 Å². The standard InChI is InChI=1S/C9H17Cl/c1-7(2)8-4-3-5-9(10)6-8/h7-9H,3-6H2,1-2H3. The smallest absolute Gasteiger partial charge is 0.0338 e. The van der Waals surface area contributed by atoms with Crippen LogP contribution in [0.4, 0.5) is 0 Å². The molecule has 0 aromatic heterocycles. The average molecular weight is 161 g/mol. The van der Waals surface area contributed by atoms with Gasteiger partial charge < -0.3 is 0 Å². The summed E-state index contributed by atoms with van der Waals surface area (Å²) in [6, 6.07) is 0. The monoisotopic (exact) mass is 160 g/mol. The van der Waals surface area contributed by atoms with Gasteiger partial charge in [-0.3, -0.25) is 0 Å². The third-order valence-electron chi connectivity index (χ3n) is 2.59. The largest absolute Gasteiger partial charge is 0.123 e. The SMILES string of the molecule is CC(C)C1CCCC(Cl)C1. The highest BCUT2D eigenvalue weighted by molar-refractivity contribution is 6.20. The van der Waals surface area contributed by atoms with Crippen molar-refractivity contribution in [1.29, 1.82) is 0 Å². The van der Waals surface area contributed by atoms with Gasteiger partial charge in [0.2, 0.25) is 0 Å². The molecule has 0 spiro atoms. The molecule has 2 unspecified atom stereocenters. The van der Waals surface area contributed by atoms with Crippen molar-refractivity contribution in [2.45, 2.75) is 44.9 Å². The minimum absolute atomic E-state index is 0.473. The van der Waals surface area contributed by atoms with Crippen molar-refractivity contribution < 1.29 is 0 Å². The minimum Gasteiger partial charge on any atom is -0.123 e. The van der Waals surface area contributed by atoms with Gasteiger partial charge >= 0.3 is 0 Å². The van der Waals surface area contributed by atoms with E-state index in [1.54, 1.807) is 0 Å². The van der Waals surface area contributed by atoms with E-state index in [1.165, 1.54) is 25.7 Å². The topological polar surface area (TPSA) is 0 Å². The molecule has 10 heavy (non-hydrogen) atoms. The Morgan fingerprint density at radius 3 is 2.40 bits per heavy atom. The average Bonchev–Trinajstić information content (AvgIpc) is 1.88. The molecule has 0 saturated heterocycles. The molecule has 0 amide bonds. The van der Waals surface area contributed by atoms with Crippen LogP contribution in [0.1, 0.15) is 39.5 Å². The second-order valence-electron chi connectivity index (χ2n) is 3.77. The zero-order valence-corrected chi connectivity index (χ0v) is 7.69. The number of alkyl halides is 1. The van der Waals surface area contributed by atoms with Crippen LogP contribution in [0.25, 0.3) is 0 Å². The molecular formula is C9H17Cl. The molecule has 1 saturated carbocycles. The Morgan fingerprint density at radius 2 is 2.00 bits per heavy atom. The summed E-state index contributed by atoms with van der Waals surface area (Å²) in [5.41, 5.74) is 0. The molecule has 1 fully saturated rings. The van der Waals surface area contributed by atoms with E-state index in [9.17, 15) is 0 Å². The number of halogens is 1. The first-order valence-corrected chi connectivity index (χ1v) is 4.78. The Labute approximate surface area is 69.0 Å². The lowest BCUT2D eigenvalue weighted by atomic mass is 9.81. The quantitative estimate of drug-likeness (QED) is 0.516. The van der Waals surface area contributed by atoms with Gasteiger partial charge in [0.05, 0.1) is 0 Å². The summed E-state index contributed by atoms with van der Waals surface area (Å²) >= 11 is 6.06. The van der Waals surface area contributed by atoms with Crippen LogP contribution in [0.5, 0.6) is 0 Å². The van der Waals surface area contributed by atoms with Crippen molar-refractivity contribution in [3.05, 3.63) is 0 Å². The van der Waals surface area contributed by atoms with Crippen LogP contribution in [-0.4, -0.2) is 5.38 Å². The third kappa shape index (κ3) is 2.16. The lowest BCUT2D eigenvalue weighted by Gasteiger charge is -2.28. The summed E-state index contributed by atoms with van der Waals surface area (Å²) in [5, 5.41) is 0.473. The van der Waals surface area contributed by atoms with Crippen molar-refractivity contribution in [1.82, 2.24) is 0 Å². The van der Waals surface area contributed by atoms with E-state index < -0.39 is 0 Å². The Kier molecular flexibility index (Phi) is 3.03. The fraction of sp³-hybridized carbons (Fsp3) is 1.00. The Morgan fingerprint density at radius 1 is 1.30 bits per heavy atom. The van der Waals surface area contributed by atoms with Crippen LogP contribution in [0.15, 0.2) is 0 Å². The number of hydrogen-bond acceptors (Lipinski definition) is 0. The molecule has 60 valence electrons. The third-order valence-corrected chi connectivity index (χ3v) is 2.99. The summed E-state index contributed by atoms with van der Waals surface area (Å²) in [6.07, 6.45) is 5.24. The second kappa shape index (κ2) is 3.61. The Balaban J connectivity index is 2.32. The van der Waals surface area contributed by atoms with Crippen molar-refractivity contribution in [2.75, 3.05) is 0 Å². The van der Waals surface area contributed by atoms with E-state index in [2.05, 4.69) is 13.8 Å². The molecule has 1 heteroatoms. The maximum absolute atomic E-state index is 6.06. The summed E-state index contributed by atoms with van der Waals surface area (Å²) < 4.78 is 0. The highest BCUT2D eigenvalue weighted by Crippen LogP contribution is 2.32. The summed E-state index contributed by atoms with van der Waals surface area (Å²) in [5.74, 6) is 1.73.